The summed E-state index contributed by atoms with van der Waals surface area (Å²) in [7, 11) is -2.23. The van der Waals surface area contributed by atoms with Crippen LogP contribution in [-0.2, 0) is 19.6 Å². The van der Waals surface area contributed by atoms with E-state index in [1.54, 1.807) is 6.07 Å². The minimum Gasteiger partial charge on any atom is -0.375 e. The maximum absolute atomic E-state index is 12.7. The summed E-state index contributed by atoms with van der Waals surface area (Å²) < 4.78 is 31.5. The molecule has 122 valence electrons. The predicted molar refractivity (Wildman–Crippen MR) is 84.6 cm³/mol. The lowest BCUT2D eigenvalue weighted by atomic mass is 10.2. The van der Waals surface area contributed by atoms with Gasteiger partial charge >= 0.3 is 0 Å². The summed E-state index contributed by atoms with van der Waals surface area (Å²) in [5, 5.41) is 2.73. The van der Waals surface area contributed by atoms with Crippen LogP contribution in [0.5, 0.6) is 0 Å². The molecule has 1 saturated heterocycles. The van der Waals surface area contributed by atoms with Crippen molar-refractivity contribution in [2.24, 2.45) is 0 Å². The molecule has 0 spiro atoms. The summed E-state index contributed by atoms with van der Waals surface area (Å²) in [4.78, 5) is 11.6. The molecular weight excluding hydrogens is 328 g/mol. The fourth-order valence-electron chi connectivity index (χ4n) is 2.35. The van der Waals surface area contributed by atoms with Gasteiger partial charge in [0.15, 0.2) is 0 Å². The van der Waals surface area contributed by atoms with Crippen molar-refractivity contribution < 1.29 is 17.9 Å². The Hall–Kier alpha value is -1.15. The molecule has 1 aliphatic rings. The molecule has 1 fully saturated rings. The molecule has 1 aromatic rings. The Morgan fingerprint density at radius 1 is 1.32 bits per heavy atom. The van der Waals surface area contributed by atoms with E-state index in [4.69, 9.17) is 16.3 Å². The van der Waals surface area contributed by atoms with E-state index >= 15 is 0 Å². The minimum atomic E-state index is -3.64. The van der Waals surface area contributed by atoms with Gasteiger partial charge in [0.25, 0.3) is 0 Å². The lowest BCUT2D eigenvalue weighted by Crippen LogP contribution is -2.35. The number of anilines is 1. The molecule has 1 heterocycles. The van der Waals surface area contributed by atoms with Gasteiger partial charge in [0.2, 0.25) is 15.9 Å². The van der Waals surface area contributed by atoms with E-state index in [2.05, 4.69) is 5.32 Å². The molecule has 6 nitrogen and oxygen atoms in total. The highest BCUT2D eigenvalue weighted by atomic mass is 35.5. The number of carbonyl (C=O) groups is 1. The topological polar surface area (TPSA) is 75.7 Å². The number of sulfonamides is 1. The van der Waals surface area contributed by atoms with E-state index in [9.17, 15) is 13.2 Å². The summed E-state index contributed by atoms with van der Waals surface area (Å²) in [5.41, 5.74) is 0.377. The van der Waals surface area contributed by atoms with E-state index in [1.807, 2.05) is 0 Å². The van der Waals surface area contributed by atoms with E-state index in [0.717, 1.165) is 19.3 Å². The van der Waals surface area contributed by atoms with Crippen LogP contribution in [0.25, 0.3) is 0 Å². The van der Waals surface area contributed by atoms with Gasteiger partial charge in [-0.05, 0) is 31.0 Å². The Morgan fingerprint density at radius 2 is 2.00 bits per heavy atom. The quantitative estimate of drug-likeness (QED) is 0.885. The highest BCUT2D eigenvalue weighted by Gasteiger charge is 2.28. The van der Waals surface area contributed by atoms with E-state index in [1.165, 1.54) is 23.5 Å². The molecule has 0 aliphatic carbocycles. The SMILES string of the molecule is COCC(=O)Nc1ccc(Cl)c(S(=O)(=O)N2CCCCC2)c1. The summed E-state index contributed by atoms with van der Waals surface area (Å²) in [6.07, 6.45) is 2.73. The Morgan fingerprint density at radius 3 is 2.64 bits per heavy atom. The van der Waals surface area contributed by atoms with Crippen LogP contribution in [0, 0.1) is 0 Å². The number of methoxy groups -OCH3 is 1. The fraction of sp³-hybridized carbons (Fsp3) is 0.500. The normalized spacial score (nSPS) is 16.5. The fourth-order valence-corrected chi connectivity index (χ4v) is 4.37. The van der Waals surface area contributed by atoms with Gasteiger partial charge in [-0.3, -0.25) is 4.79 Å². The number of piperidine rings is 1. The highest BCUT2D eigenvalue weighted by Crippen LogP contribution is 2.29. The number of halogens is 1. The number of carbonyl (C=O) groups excluding carboxylic acids is 1. The number of nitrogens with zero attached hydrogens (tertiary/aromatic N) is 1. The Bertz CT molecular complexity index is 642. The van der Waals surface area contributed by atoms with E-state index in [0.29, 0.717) is 18.8 Å². The second-order valence-corrected chi connectivity index (χ2v) is 7.40. The smallest absolute Gasteiger partial charge is 0.250 e. The number of rotatable bonds is 5. The Labute approximate surface area is 135 Å². The van der Waals surface area contributed by atoms with Gasteiger partial charge in [-0.2, -0.15) is 4.31 Å². The van der Waals surface area contributed by atoms with Gasteiger partial charge in [-0.1, -0.05) is 18.0 Å². The van der Waals surface area contributed by atoms with Gasteiger partial charge < -0.3 is 10.1 Å². The third kappa shape index (κ3) is 3.98. The molecule has 1 N–H and O–H groups in total. The van der Waals surface area contributed by atoms with Crippen LogP contribution in [0.15, 0.2) is 23.1 Å². The number of hydrogen-bond acceptors (Lipinski definition) is 4. The van der Waals surface area contributed by atoms with Crippen molar-refractivity contribution in [1.82, 2.24) is 4.31 Å². The molecule has 22 heavy (non-hydrogen) atoms. The Kier molecular flexibility index (Phi) is 5.80. The molecule has 0 atom stereocenters. The molecule has 1 aromatic carbocycles. The first-order valence-electron chi connectivity index (χ1n) is 7.03. The standard InChI is InChI=1S/C14H19ClN2O4S/c1-21-10-14(18)16-11-5-6-12(15)13(9-11)22(19,20)17-7-3-2-4-8-17/h5-6,9H,2-4,7-8,10H2,1H3,(H,16,18). The first-order valence-corrected chi connectivity index (χ1v) is 8.85. The zero-order chi connectivity index (χ0) is 16.2. The van der Waals surface area contributed by atoms with Crippen LogP contribution >= 0.6 is 11.6 Å². The summed E-state index contributed by atoms with van der Waals surface area (Å²) in [6, 6.07) is 4.42. The molecule has 0 unspecified atom stereocenters. The average molecular weight is 347 g/mol. The van der Waals surface area contributed by atoms with Gasteiger partial charge in [-0.25, -0.2) is 8.42 Å². The zero-order valence-electron chi connectivity index (χ0n) is 12.3. The second-order valence-electron chi connectivity index (χ2n) is 5.09. The number of ether oxygens (including phenoxy) is 1. The Balaban J connectivity index is 2.27. The van der Waals surface area contributed by atoms with E-state index in [-0.39, 0.29) is 22.4 Å². The third-order valence-corrected chi connectivity index (χ3v) is 5.80. The molecule has 1 amide bonds. The van der Waals surface area contributed by atoms with Crippen molar-refractivity contribution in [2.45, 2.75) is 24.2 Å². The van der Waals surface area contributed by atoms with Crippen molar-refractivity contribution in [1.29, 1.82) is 0 Å². The maximum Gasteiger partial charge on any atom is 0.250 e. The molecule has 0 radical (unpaired) electrons. The van der Waals surface area contributed by atoms with Crippen molar-refractivity contribution in [3.05, 3.63) is 23.2 Å². The lowest BCUT2D eigenvalue weighted by Gasteiger charge is -2.26. The summed E-state index contributed by atoms with van der Waals surface area (Å²) >= 11 is 6.05. The van der Waals surface area contributed by atoms with Gasteiger partial charge in [0, 0.05) is 25.9 Å². The number of nitrogens with one attached hydrogen (secondary N) is 1. The predicted octanol–water partition coefficient (Wildman–Crippen LogP) is 2.10. The van der Waals surface area contributed by atoms with Crippen LogP contribution < -0.4 is 5.32 Å². The lowest BCUT2D eigenvalue weighted by molar-refractivity contribution is -0.119. The summed E-state index contributed by atoms with van der Waals surface area (Å²) in [6.45, 7) is 0.898. The first kappa shape index (κ1) is 17.2. The van der Waals surface area contributed by atoms with Crippen molar-refractivity contribution in [3.63, 3.8) is 0 Å². The number of amides is 1. The molecule has 2 rings (SSSR count). The van der Waals surface area contributed by atoms with Crippen molar-refractivity contribution in [2.75, 3.05) is 32.1 Å². The zero-order valence-corrected chi connectivity index (χ0v) is 13.9. The van der Waals surface area contributed by atoms with Crippen LogP contribution in [0.3, 0.4) is 0 Å². The number of hydrogen-bond donors (Lipinski definition) is 1. The second kappa shape index (κ2) is 7.41. The maximum atomic E-state index is 12.7. The van der Waals surface area contributed by atoms with Crippen molar-refractivity contribution in [3.8, 4) is 0 Å². The molecular formula is C14H19ClN2O4S. The first-order chi connectivity index (χ1) is 10.4. The molecule has 0 saturated carbocycles. The number of benzene rings is 1. The average Bonchev–Trinajstić information content (AvgIpc) is 2.50. The van der Waals surface area contributed by atoms with Crippen LogP contribution in [0.2, 0.25) is 5.02 Å². The molecule has 0 bridgehead atoms. The largest absolute Gasteiger partial charge is 0.375 e. The highest BCUT2D eigenvalue weighted by molar-refractivity contribution is 7.89. The minimum absolute atomic E-state index is 0.0197. The van der Waals surface area contributed by atoms with Gasteiger partial charge in [-0.15, -0.1) is 0 Å². The van der Waals surface area contributed by atoms with Gasteiger partial charge in [0.05, 0.1) is 5.02 Å². The third-order valence-electron chi connectivity index (χ3n) is 3.42. The van der Waals surface area contributed by atoms with Gasteiger partial charge in [0.1, 0.15) is 11.5 Å². The van der Waals surface area contributed by atoms with E-state index < -0.39 is 10.0 Å². The van der Waals surface area contributed by atoms with Crippen LogP contribution in [-0.4, -0.2) is 45.4 Å². The van der Waals surface area contributed by atoms with Crippen molar-refractivity contribution >= 4 is 33.2 Å². The molecule has 8 heteroatoms. The molecule has 1 aliphatic heterocycles. The van der Waals surface area contributed by atoms with Crippen LogP contribution in [0.4, 0.5) is 5.69 Å². The monoisotopic (exact) mass is 346 g/mol. The molecule has 0 aromatic heterocycles. The summed E-state index contributed by atoms with van der Waals surface area (Å²) in [5.74, 6) is -0.355. The van der Waals surface area contributed by atoms with Crippen LogP contribution in [0.1, 0.15) is 19.3 Å².